The van der Waals surface area contributed by atoms with Gasteiger partial charge in [0.1, 0.15) is 0 Å². The lowest BCUT2D eigenvalue weighted by Crippen LogP contribution is -2.05. The van der Waals surface area contributed by atoms with Crippen molar-refractivity contribution in [3.63, 3.8) is 0 Å². The van der Waals surface area contributed by atoms with E-state index in [0.717, 1.165) is 30.8 Å². The van der Waals surface area contributed by atoms with E-state index >= 15 is 0 Å². The molecule has 0 radical (unpaired) electrons. The number of rotatable bonds is 7. The van der Waals surface area contributed by atoms with Crippen molar-refractivity contribution in [1.82, 2.24) is 0 Å². The molecule has 12 heavy (non-hydrogen) atoms. The molecule has 1 unspecified atom stereocenters. The average molecular weight is 187 g/mol. The molecular formula is C9H17NOS. The Morgan fingerprint density at radius 2 is 2.25 bits per heavy atom. The molecule has 0 bridgehead atoms. The smallest absolute Gasteiger partial charge is 0.0622 e. The van der Waals surface area contributed by atoms with E-state index < -0.39 is 0 Å². The molecule has 0 spiro atoms. The van der Waals surface area contributed by atoms with Crippen LogP contribution in [0.3, 0.4) is 0 Å². The summed E-state index contributed by atoms with van der Waals surface area (Å²) in [7, 11) is 0. The number of thioether (sulfide) groups is 1. The number of nitriles is 1. The first-order chi connectivity index (χ1) is 5.81. The second-order valence-corrected chi connectivity index (χ2v) is 3.95. The van der Waals surface area contributed by atoms with E-state index in [1.54, 1.807) is 0 Å². The minimum absolute atomic E-state index is 0.131. The van der Waals surface area contributed by atoms with Crippen LogP contribution >= 0.6 is 11.8 Å². The van der Waals surface area contributed by atoms with E-state index in [1.165, 1.54) is 0 Å². The van der Waals surface area contributed by atoms with Crippen molar-refractivity contribution in [2.75, 3.05) is 11.5 Å². The summed E-state index contributed by atoms with van der Waals surface area (Å²) in [5.74, 6) is 2.06. The van der Waals surface area contributed by atoms with Crippen LogP contribution in [0.2, 0.25) is 0 Å². The largest absolute Gasteiger partial charge is 0.393 e. The fraction of sp³-hybridized carbons (Fsp3) is 0.889. The minimum Gasteiger partial charge on any atom is -0.393 e. The summed E-state index contributed by atoms with van der Waals surface area (Å²) in [6, 6.07) is 2.12. The number of nitrogens with zero attached hydrogens (tertiary/aromatic N) is 1. The summed E-state index contributed by atoms with van der Waals surface area (Å²) in [4.78, 5) is 0. The predicted molar refractivity (Wildman–Crippen MR) is 53.1 cm³/mol. The summed E-state index contributed by atoms with van der Waals surface area (Å²) in [6.45, 7) is 1.99. The Bertz CT molecular complexity index is 133. The van der Waals surface area contributed by atoms with Crippen LogP contribution in [-0.2, 0) is 0 Å². The van der Waals surface area contributed by atoms with Gasteiger partial charge in [-0.25, -0.2) is 0 Å². The minimum atomic E-state index is -0.131. The topological polar surface area (TPSA) is 44.0 Å². The standard InChI is InChI=1S/C9H17NOS/c1-2-9(11)5-8-12-7-4-3-6-10/h9,11H,2-5,7-8H2,1H3. The van der Waals surface area contributed by atoms with Crippen molar-refractivity contribution in [2.24, 2.45) is 0 Å². The lowest BCUT2D eigenvalue weighted by Gasteiger charge is -2.05. The molecule has 0 aromatic rings. The molecule has 0 aliphatic rings. The van der Waals surface area contributed by atoms with Gasteiger partial charge in [-0.05, 0) is 30.8 Å². The van der Waals surface area contributed by atoms with Crippen LogP contribution in [0.15, 0.2) is 0 Å². The van der Waals surface area contributed by atoms with Crippen LogP contribution < -0.4 is 0 Å². The Morgan fingerprint density at radius 1 is 1.50 bits per heavy atom. The SMILES string of the molecule is CCC(O)CCSCCCC#N. The third kappa shape index (κ3) is 7.90. The summed E-state index contributed by atoms with van der Waals surface area (Å²) >= 11 is 1.83. The van der Waals surface area contributed by atoms with E-state index in [2.05, 4.69) is 6.07 Å². The van der Waals surface area contributed by atoms with Crippen molar-refractivity contribution in [3.05, 3.63) is 0 Å². The first-order valence-electron chi connectivity index (χ1n) is 4.44. The van der Waals surface area contributed by atoms with Gasteiger partial charge in [0.25, 0.3) is 0 Å². The van der Waals surface area contributed by atoms with Crippen LogP contribution in [0.4, 0.5) is 0 Å². The molecule has 70 valence electrons. The molecule has 0 rings (SSSR count). The fourth-order valence-corrected chi connectivity index (χ4v) is 1.77. The van der Waals surface area contributed by atoms with Crippen LogP contribution in [0, 0.1) is 11.3 Å². The first kappa shape index (κ1) is 11.8. The predicted octanol–water partition coefficient (Wildman–Crippen LogP) is 2.18. The number of aliphatic hydroxyl groups excluding tert-OH is 1. The van der Waals surface area contributed by atoms with E-state index in [-0.39, 0.29) is 6.10 Å². The maximum atomic E-state index is 9.19. The molecule has 0 amide bonds. The van der Waals surface area contributed by atoms with Gasteiger partial charge in [-0.3, -0.25) is 0 Å². The molecule has 0 fully saturated rings. The highest BCUT2D eigenvalue weighted by atomic mass is 32.2. The van der Waals surface area contributed by atoms with Crippen molar-refractivity contribution in [3.8, 4) is 6.07 Å². The van der Waals surface area contributed by atoms with E-state index in [9.17, 15) is 5.11 Å². The highest BCUT2D eigenvalue weighted by Crippen LogP contribution is 2.08. The molecule has 0 aromatic carbocycles. The van der Waals surface area contributed by atoms with E-state index in [1.807, 2.05) is 18.7 Å². The molecule has 0 aliphatic heterocycles. The van der Waals surface area contributed by atoms with Gasteiger partial charge < -0.3 is 5.11 Å². The monoisotopic (exact) mass is 187 g/mol. The van der Waals surface area contributed by atoms with Crippen molar-refractivity contribution in [2.45, 2.75) is 38.7 Å². The molecule has 0 heterocycles. The molecule has 0 aliphatic carbocycles. The van der Waals surface area contributed by atoms with Crippen LogP contribution in [0.25, 0.3) is 0 Å². The summed E-state index contributed by atoms with van der Waals surface area (Å²) in [5.41, 5.74) is 0. The number of aliphatic hydroxyl groups is 1. The summed E-state index contributed by atoms with van der Waals surface area (Å²) in [6.07, 6.45) is 3.23. The third-order valence-corrected chi connectivity index (χ3v) is 2.75. The molecule has 0 saturated heterocycles. The van der Waals surface area contributed by atoms with Crippen molar-refractivity contribution < 1.29 is 5.11 Å². The van der Waals surface area contributed by atoms with Crippen LogP contribution in [0.5, 0.6) is 0 Å². The highest BCUT2D eigenvalue weighted by molar-refractivity contribution is 7.99. The number of hydrogen-bond acceptors (Lipinski definition) is 3. The van der Waals surface area contributed by atoms with Gasteiger partial charge in [0.05, 0.1) is 12.2 Å². The molecular weight excluding hydrogens is 170 g/mol. The third-order valence-electron chi connectivity index (χ3n) is 1.64. The lowest BCUT2D eigenvalue weighted by molar-refractivity contribution is 0.167. The zero-order valence-electron chi connectivity index (χ0n) is 7.62. The Hall–Kier alpha value is -0.200. The van der Waals surface area contributed by atoms with Crippen molar-refractivity contribution >= 4 is 11.8 Å². The average Bonchev–Trinajstić information content (AvgIpc) is 2.10. The lowest BCUT2D eigenvalue weighted by atomic mass is 10.2. The Labute approximate surface area is 79.0 Å². The Morgan fingerprint density at radius 3 is 2.83 bits per heavy atom. The molecule has 1 N–H and O–H groups in total. The Kier molecular flexibility index (Phi) is 8.74. The van der Waals surface area contributed by atoms with Crippen LogP contribution in [-0.4, -0.2) is 22.7 Å². The maximum absolute atomic E-state index is 9.19. The quantitative estimate of drug-likeness (QED) is 0.621. The van der Waals surface area contributed by atoms with Crippen LogP contribution in [0.1, 0.15) is 32.6 Å². The van der Waals surface area contributed by atoms with Gasteiger partial charge in [-0.2, -0.15) is 17.0 Å². The van der Waals surface area contributed by atoms with E-state index in [0.29, 0.717) is 6.42 Å². The maximum Gasteiger partial charge on any atom is 0.0622 e. The number of unbranched alkanes of at least 4 members (excludes halogenated alkanes) is 1. The van der Waals surface area contributed by atoms with Gasteiger partial charge in [0, 0.05) is 6.42 Å². The zero-order chi connectivity index (χ0) is 9.23. The van der Waals surface area contributed by atoms with Gasteiger partial charge >= 0.3 is 0 Å². The second-order valence-electron chi connectivity index (χ2n) is 2.72. The fourth-order valence-electron chi connectivity index (χ4n) is 0.779. The van der Waals surface area contributed by atoms with Gasteiger partial charge in [-0.1, -0.05) is 6.92 Å². The van der Waals surface area contributed by atoms with Gasteiger partial charge in [-0.15, -0.1) is 0 Å². The summed E-state index contributed by atoms with van der Waals surface area (Å²) in [5, 5.41) is 17.4. The molecule has 0 saturated carbocycles. The zero-order valence-corrected chi connectivity index (χ0v) is 8.44. The number of hydrogen-bond donors (Lipinski definition) is 1. The second kappa shape index (κ2) is 8.89. The summed E-state index contributed by atoms with van der Waals surface area (Å²) < 4.78 is 0. The molecule has 0 aromatic heterocycles. The van der Waals surface area contributed by atoms with Crippen molar-refractivity contribution in [1.29, 1.82) is 5.26 Å². The van der Waals surface area contributed by atoms with Gasteiger partial charge in [0.2, 0.25) is 0 Å². The first-order valence-corrected chi connectivity index (χ1v) is 5.59. The molecule has 2 nitrogen and oxygen atoms in total. The Balaban J connectivity index is 2.96. The molecule has 1 atom stereocenters. The molecule has 3 heteroatoms. The highest BCUT2D eigenvalue weighted by Gasteiger charge is 1.99. The van der Waals surface area contributed by atoms with Gasteiger partial charge in [0.15, 0.2) is 0 Å². The van der Waals surface area contributed by atoms with E-state index in [4.69, 9.17) is 5.26 Å². The normalized spacial score (nSPS) is 12.4.